The van der Waals surface area contributed by atoms with E-state index in [2.05, 4.69) is 15.4 Å². The number of nitrogens with zero attached hydrogens (tertiary/aromatic N) is 4. The van der Waals surface area contributed by atoms with Crippen molar-refractivity contribution < 1.29 is 4.74 Å². The number of fused-ring (bicyclic) bond motifs is 1. The third-order valence-electron chi connectivity index (χ3n) is 4.13. The zero-order valence-electron chi connectivity index (χ0n) is 14.4. The summed E-state index contributed by atoms with van der Waals surface area (Å²) in [5.41, 5.74) is 3.64. The van der Waals surface area contributed by atoms with Gasteiger partial charge in [0.15, 0.2) is 5.65 Å². The standard InChI is InChI=1S/C20H19N5O/c1-26-14-18(16-9-5-6-11-21-16)24-20-13-17(15-7-3-2-4-8-15)23-19-10-12-22-25(19)20/h2-13,18,24H,14H2,1H3. The number of pyridine rings is 1. The van der Waals surface area contributed by atoms with Crippen molar-refractivity contribution in [1.29, 1.82) is 0 Å². The van der Waals surface area contributed by atoms with E-state index in [0.717, 1.165) is 28.4 Å². The van der Waals surface area contributed by atoms with Gasteiger partial charge in [0.25, 0.3) is 0 Å². The van der Waals surface area contributed by atoms with Crippen LogP contribution in [0.15, 0.2) is 73.1 Å². The van der Waals surface area contributed by atoms with E-state index >= 15 is 0 Å². The molecule has 130 valence electrons. The van der Waals surface area contributed by atoms with Crippen LogP contribution in [-0.2, 0) is 4.74 Å². The summed E-state index contributed by atoms with van der Waals surface area (Å²) in [5.74, 6) is 0.839. The first-order valence-electron chi connectivity index (χ1n) is 8.42. The lowest BCUT2D eigenvalue weighted by molar-refractivity contribution is 0.185. The number of hydrogen-bond donors (Lipinski definition) is 1. The van der Waals surface area contributed by atoms with Gasteiger partial charge in [-0.1, -0.05) is 36.4 Å². The Morgan fingerprint density at radius 3 is 2.65 bits per heavy atom. The fourth-order valence-electron chi connectivity index (χ4n) is 2.90. The second-order valence-electron chi connectivity index (χ2n) is 5.90. The molecule has 1 aromatic carbocycles. The highest BCUT2D eigenvalue weighted by Gasteiger charge is 2.16. The SMILES string of the molecule is COCC(Nc1cc(-c2ccccc2)nc2ccnn12)c1ccccn1. The highest BCUT2D eigenvalue weighted by atomic mass is 16.5. The van der Waals surface area contributed by atoms with Crippen LogP contribution in [0.1, 0.15) is 11.7 Å². The van der Waals surface area contributed by atoms with Gasteiger partial charge in [0.1, 0.15) is 5.82 Å². The van der Waals surface area contributed by atoms with Crippen molar-refractivity contribution in [2.75, 3.05) is 19.0 Å². The van der Waals surface area contributed by atoms with E-state index < -0.39 is 0 Å². The van der Waals surface area contributed by atoms with Crippen molar-refractivity contribution in [3.63, 3.8) is 0 Å². The molecule has 3 heterocycles. The number of rotatable bonds is 6. The molecule has 0 saturated carbocycles. The van der Waals surface area contributed by atoms with E-state index in [9.17, 15) is 0 Å². The van der Waals surface area contributed by atoms with Gasteiger partial charge in [0.2, 0.25) is 0 Å². The molecule has 6 heteroatoms. The Bertz CT molecular complexity index is 985. The Morgan fingerprint density at radius 1 is 1.04 bits per heavy atom. The minimum Gasteiger partial charge on any atom is -0.382 e. The monoisotopic (exact) mass is 345 g/mol. The van der Waals surface area contributed by atoms with Gasteiger partial charge in [-0.05, 0) is 12.1 Å². The quantitative estimate of drug-likeness (QED) is 0.578. The van der Waals surface area contributed by atoms with Crippen LogP contribution in [0.5, 0.6) is 0 Å². The number of hydrogen-bond acceptors (Lipinski definition) is 5. The summed E-state index contributed by atoms with van der Waals surface area (Å²) >= 11 is 0. The number of nitrogens with one attached hydrogen (secondary N) is 1. The molecule has 0 spiro atoms. The van der Waals surface area contributed by atoms with Crippen molar-refractivity contribution in [2.45, 2.75) is 6.04 Å². The molecule has 0 aliphatic carbocycles. The van der Waals surface area contributed by atoms with Gasteiger partial charge < -0.3 is 10.1 Å². The van der Waals surface area contributed by atoms with Gasteiger partial charge in [-0.25, -0.2) is 4.98 Å². The number of anilines is 1. The summed E-state index contributed by atoms with van der Waals surface area (Å²) in [4.78, 5) is 9.16. The van der Waals surface area contributed by atoms with Crippen LogP contribution in [-0.4, -0.2) is 33.3 Å². The lowest BCUT2D eigenvalue weighted by atomic mass is 10.1. The van der Waals surface area contributed by atoms with E-state index in [1.54, 1.807) is 24.0 Å². The molecule has 0 saturated heterocycles. The predicted octanol–water partition coefficient (Wildman–Crippen LogP) is 3.59. The zero-order valence-corrected chi connectivity index (χ0v) is 14.4. The third kappa shape index (κ3) is 3.27. The molecular weight excluding hydrogens is 326 g/mol. The summed E-state index contributed by atoms with van der Waals surface area (Å²) in [6, 6.07) is 19.8. The fourth-order valence-corrected chi connectivity index (χ4v) is 2.90. The van der Waals surface area contributed by atoms with Gasteiger partial charge in [-0.3, -0.25) is 4.98 Å². The van der Waals surface area contributed by atoms with Crippen LogP contribution in [0.2, 0.25) is 0 Å². The molecule has 0 bridgehead atoms. The van der Waals surface area contributed by atoms with Gasteiger partial charge >= 0.3 is 0 Å². The molecule has 26 heavy (non-hydrogen) atoms. The van der Waals surface area contributed by atoms with Crippen LogP contribution in [0, 0.1) is 0 Å². The fraction of sp³-hybridized carbons (Fsp3) is 0.150. The predicted molar refractivity (Wildman–Crippen MR) is 101 cm³/mol. The van der Waals surface area contributed by atoms with Gasteiger partial charge in [-0.15, -0.1) is 0 Å². The second-order valence-corrected chi connectivity index (χ2v) is 5.90. The maximum absolute atomic E-state index is 5.39. The van der Waals surface area contributed by atoms with Crippen molar-refractivity contribution in [3.05, 3.63) is 78.8 Å². The first-order chi connectivity index (χ1) is 12.8. The van der Waals surface area contributed by atoms with Crippen molar-refractivity contribution in [2.24, 2.45) is 0 Å². The Labute approximate surface area is 151 Å². The summed E-state index contributed by atoms with van der Waals surface area (Å²) in [5, 5.41) is 7.90. The average molecular weight is 345 g/mol. The highest BCUT2D eigenvalue weighted by molar-refractivity contribution is 5.66. The molecule has 0 fully saturated rings. The molecule has 0 radical (unpaired) electrons. The Hall–Kier alpha value is -3.25. The Balaban J connectivity index is 1.76. The summed E-state index contributed by atoms with van der Waals surface area (Å²) in [7, 11) is 1.68. The van der Waals surface area contributed by atoms with Crippen molar-refractivity contribution in [3.8, 4) is 11.3 Å². The molecule has 1 N–H and O–H groups in total. The van der Waals surface area contributed by atoms with Gasteiger partial charge in [0, 0.05) is 31.0 Å². The molecule has 0 aliphatic rings. The number of methoxy groups -OCH3 is 1. The second kappa shape index (κ2) is 7.33. The Kier molecular flexibility index (Phi) is 4.57. The number of aromatic nitrogens is 4. The van der Waals surface area contributed by atoms with E-state index in [-0.39, 0.29) is 6.04 Å². The van der Waals surface area contributed by atoms with E-state index in [1.165, 1.54) is 0 Å². The van der Waals surface area contributed by atoms with Crippen LogP contribution in [0.4, 0.5) is 5.82 Å². The van der Waals surface area contributed by atoms with Gasteiger partial charge in [-0.2, -0.15) is 9.61 Å². The zero-order chi connectivity index (χ0) is 17.8. The largest absolute Gasteiger partial charge is 0.382 e. The Morgan fingerprint density at radius 2 is 1.88 bits per heavy atom. The minimum atomic E-state index is -0.0976. The first kappa shape index (κ1) is 16.2. The molecule has 3 aromatic heterocycles. The third-order valence-corrected chi connectivity index (χ3v) is 4.13. The van der Waals surface area contributed by atoms with E-state index in [1.807, 2.05) is 60.7 Å². The van der Waals surface area contributed by atoms with Crippen LogP contribution >= 0.6 is 0 Å². The van der Waals surface area contributed by atoms with Crippen LogP contribution < -0.4 is 5.32 Å². The molecule has 0 aliphatic heterocycles. The van der Waals surface area contributed by atoms with Crippen LogP contribution in [0.25, 0.3) is 16.9 Å². The molecule has 4 rings (SSSR count). The van der Waals surface area contributed by atoms with Crippen molar-refractivity contribution in [1.82, 2.24) is 19.6 Å². The smallest absolute Gasteiger partial charge is 0.157 e. The summed E-state index contributed by atoms with van der Waals surface area (Å²) < 4.78 is 7.18. The lowest BCUT2D eigenvalue weighted by Gasteiger charge is -2.19. The number of benzene rings is 1. The maximum atomic E-state index is 5.39. The lowest BCUT2D eigenvalue weighted by Crippen LogP contribution is -2.19. The topological polar surface area (TPSA) is 64.3 Å². The number of ether oxygens (including phenoxy) is 1. The molecular formula is C20H19N5O. The normalized spacial score (nSPS) is 12.2. The molecule has 1 unspecified atom stereocenters. The summed E-state index contributed by atoms with van der Waals surface area (Å²) in [6.45, 7) is 0.489. The maximum Gasteiger partial charge on any atom is 0.157 e. The molecule has 4 aromatic rings. The molecule has 6 nitrogen and oxygen atoms in total. The van der Waals surface area contributed by atoms with E-state index in [4.69, 9.17) is 9.72 Å². The highest BCUT2D eigenvalue weighted by Crippen LogP contribution is 2.24. The molecule has 0 amide bonds. The minimum absolute atomic E-state index is 0.0976. The average Bonchev–Trinajstić information content (AvgIpc) is 3.18. The summed E-state index contributed by atoms with van der Waals surface area (Å²) in [6.07, 6.45) is 3.53. The van der Waals surface area contributed by atoms with E-state index in [0.29, 0.717) is 6.61 Å². The van der Waals surface area contributed by atoms with Crippen molar-refractivity contribution >= 4 is 11.5 Å². The van der Waals surface area contributed by atoms with Crippen LogP contribution in [0.3, 0.4) is 0 Å². The first-order valence-corrected chi connectivity index (χ1v) is 8.42. The molecule has 1 atom stereocenters. The van der Waals surface area contributed by atoms with Gasteiger partial charge in [0.05, 0.1) is 30.2 Å².